The first-order valence-corrected chi connectivity index (χ1v) is 3.87. The van der Waals surface area contributed by atoms with Crippen LogP contribution >= 0.6 is 0 Å². The second-order valence-electron chi connectivity index (χ2n) is 2.64. The summed E-state index contributed by atoms with van der Waals surface area (Å²) in [5.41, 5.74) is -2.05. The third-order valence-electron chi connectivity index (χ3n) is 2.10. The second kappa shape index (κ2) is 6.90. The minimum Gasteiger partial charge on any atom is -0.592 e. The maximum absolute atomic E-state index is 11.0. The molecule has 0 aromatic heterocycles. The molecule has 2 aliphatic rings. The molecule has 95 valence electrons. The van der Waals surface area contributed by atoms with Crippen molar-refractivity contribution in [2.45, 2.75) is 6.92 Å². The van der Waals surface area contributed by atoms with Crippen LogP contribution in [0, 0.1) is 12.3 Å². The van der Waals surface area contributed by atoms with Crippen molar-refractivity contribution in [1.82, 2.24) is 4.90 Å². The van der Waals surface area contributed by atoms with Gasteiger partial charge in [-0.1, -0.05) is 0 Å². The Morgan fingerprint density at radius 1 is 1.00 bits per heavy atom. The number of likely N-dealkylation sites (tertiary alicyclic amines) is 1. The summed E-state index contributed by atoms with van der Waals surface area (Å²) in [6.07, 6.45) is 0. The van der Waals surface area contributed by atoms with Gasteiger partial charge in [0.15, 0.2) is 0 Å². The number of nitrogens with zero attached hydrogens (tertiary/aromatic N) is 2. The SMILES string of the molecule is CN1C(=O)C2(C(=O)[N-]C2=O)C1=O.O.O.[CH2-]C.[Y]. The van der Waals surface area contributed by atoms with Crippen LogP contribution in [0.15, 0.2) is 0 Å². The van der Waals surface area contributed by atoms with E-state index in [0.717, 1.165) is 4.90 Å². The van der Waals surface area contributed by atoms with Gasteiger partial charge in [0.25, 0.3) is 11.8 Å². The number of hydrogen-bond acceptors (Lipinski definition) is 4. The molecule has 4 amide bonds. The summed E-state index contributed by atoms with van der Waals surface area (Å²) in [6, 6.07) is 0. The summed E-state index contributed by atoms with van der Waals surface area (Å²) in [6.45, 7) is 5.00. The molecule has 0 aliphatic carbocycles. The number of β-lactam (4-membered cyclic amide) rings is 4. The standard InChI is InChI=1S/C6H4N2O4.C2H5.2H2O.Y/c1-8-4(11)6(5(8)12)2(9)7-3(6)10;1-2;;;/h1H3,(H,7,9,10);1H2,2H3;2*1H2;/q;-1;;;/p-1. The van der Waals surface area contributed by atoms with E-state index in [1.807, 2.05) is 0 Å². The van der Waals surface area contributed by atoms with E-state index in [1.165, 1.54) is 7.05 Å². The van der Waals surface area contributed by atoms with Crippen LogP contribution in [0.4, 0.5) is 0 Å². The minimum atomic E-state index is -2.05. The molecule has 0 aromatic rings. The van der Waals surface area contributed by atoms with Crippen LogP contribution in [-0.4, -0.2) is 46.5 Å². The molecule has 8 nitrogen and oxygen atoms in total. The molecular weight excluding hydrogens is 309 g/mol. The summed E-state index contributed by atoms with van der Waals surface area (Å²) < 4.78 is 0. The van der Waals surface area contributed by atoms with Crippen molar-refractivity contribution < 1.29 is 62.8 Å². The molecule has 9 heteroatoms. The molecule has 0 atom stereocenters. The quantitative estimate of drug-likeness (QED) is 0.278. The predicted octanol–water partition coefficient (Wildman–Crippen LogP) is -2.40. The second-order valence-corrected chi connectivity index (χ2v) is 2.64. The van der Waals surface area contributed by atoms with Crippen molar-refractivity contribution in [2.24, 2.45) is 5.41 Å². The molecule has 2 saturated heterocycles. The van der Waals surface area contributed by atoms with E-state index in [2.05, 4.69) is 12.2 Å². The fourth-order valence-electron chi connectivity index (χ4n) is 1.30. The Morgan fingerprint density at radius 3 is 1.47 bits per heavy atom. The van der Waals surface area contributed by atoms with Gasteiger partial charge < -0.3 is 32.8 Å². The first kappa shape index (κ1) is 21.6. The molecule has 17 heavy (non-hydrogen) atoms. The van der Waals surface area contributed by atoms with Crippen LogP contribution in [0.2, 0.25) is 0 Å². The van der Waals surface area contributed by atoms with Crippen molar-refractivity contribution in [3.8, 4) is 0 Å². The fourth-order valence-corrected chi connectivity index (χ4v) is 1.30. The Hall–Kier alpha value is -0.696. The average molecular weight is 321 g/mol. The molecule has 1 radical (unpaired) electrons. The van der Waals surface area contributed by atoms with E-state index in [-0.39, 0.29) is 43.7 Å². The summed E-state index contributed by atoms with van der Waals surface area (Å²) in [5.74, 6) is -3.39. The molecule has 2 rings (SSSR count). The third kappa shape index (κ3) is 2.17. The molecule has 2 heterocycles. The van der Waals surface area contributed by atoms with Gasteiger partial charge in [-0.05, 0) is 0 Å². The number of carbonyl (C=O) groups is 4. The molecule has 0 saturated carbocycles. The number of hydrogen-bond donors (Lipinski definition) is 0. The van der Waals surface area contributed by atoms with Crippen LogP contribution in [0.5, 0.6) is 0 Å². The first-order valence-electron chi connectivity index (χ1n) is 3.87. The number of carbonyl (C=O) groups excluding carboxylic acids is 4. The van der Waals surface area contributed by atoms with Crippen LogP contribution in [0.25, 0.3) is 5.32 Å². The van der Waals surface area contributed by atoms with Gasteiger partial charge in [0, 0.05) is 39.8 Å². The third-order valence-corrected chi connectivity index (χ3v) is 2.10. The van der Waals surface area contributed by atoms with E-state index in [9.17, 15) is 19.2 Å². The first-order chi connectivity index (χ1) is 6.52. The van der Waals surface area contributed by atoms with Gasteiger partial charge in [0.05, 0.1) is 11.8 Å². The molecule has 0 bridgehead atoms. The van der Waals surface area contributed by atoms with E-state index < -0.39 is 29.0 Å². The molecule has 1 spiro atoms. The number of rotatable bonds is 0. The number of imide groups is 2. The molecule has 2 aliphatic heterocycles. The van der Waals surface area contributed by atoms with Crippen molar-refractivity contribution in [1.29, 1.82) is 0 Å². The zero-order valence-corrected chi connectivity index (χ0v) is 12.2. The van der Waals surface area contributed by atoms with Crippen molar-refractivity contribution in [2.75, 3.05) is 7.05 Å². The smallest absolute Gasteiger partial charge is 0.256 e. The van der Waals surface area contributed by atoms with Crippen LogP contribution < -0.4 is 0 Å². The van der Waals surface area contributed by atoms with E-state index in [1.54, 1.807) is 6.92 Å². The summed E-state index contributed by atoms with van der Waals surface area (Å²) in [5, 5.41) is 2.89. The zero-order valence-electron chi connectivity index (χ0n) is 9.31. The average Bonchev–Trinajstić information content (AvgIpc) is 2.20. The van der Waals surface area contributed by atoms with Gasteiger partial charge in [-0.25, -0.2) is 0 Å². The Labute approximate surface area is 123 Å². The van der Waals surface area contributed by atoms with Crippen molar-refractivity contribution in [3.63, 3.8) is 0 Å². The summed E-state index contributed by atoms with van der Waals surface area (Å²) in [7, 11) is 1.22. The molecule has 0 aromatic carbocycles. The molecule has 0 unspecified atom stereocenters. The molecule has 4 N–H and O–H groups in total. The Balaban J connectivity index is -0.000000373. The Kier molecular flexibility index (Phi) is 8.76. The maximum Gasteiger partial charge on any atom is 0.256 e. The summed E-state index contributed by atoms with van der Waals surface area (Å²) >= 11 is 0. The van der Waals surface area contributed by atoms with Gasteiger partial charge in [0.2, 0.25) is 5.41 Å². The topological polar surface area (TPSA) is 149 Å². The zero-order chi connectivity index (χ0) is 11.1. The minimum absolute atomic E-state index is 0. The van der Waals surface area contributed by atoms with Crippen molar-refractivity contribution in [3.05, 3.63) is 12.2 Å². The van der Waals surface area contributed by atoms with Gasteiger partial charge in [-0.3, -0.25) is 14.5 Å². The molecular formula is C8H12N2O6Y-2. The van der Waals surface area contributed by atoms with E-state index >= 15 is 0 Å². The maximum atomic E-state index is 11.0. The Morgan fingerprint density at radius 2 is 1.29 bits per heavy atom. The van der Waals surface area contributed by atoms with Gasteiger partial charge in [-0.2, -0.15) is 6.92 Å². The van der Waals surface area contributed by atoms with Crippen LogP contribution in [0.3, 0.4) is 0 Å². The van der Waals surface area contributed by atoms with E-state index in [4.69, 9.17) is 0 Å². The number of amides is 4. The predicted molar refractivity (Wildman–Crippen MR) is 51.8 cm³/mol. The van der Waals surface area contributed by atoms with E-state index in [0.29, 0.717) is 0 Å². The normalized spacial score (nSPS) is 18.2. The van der Waals surface area contributed by atoms with Gasteiger partial charge in [0.1, 0.15) is 0 Å². The van der Waals surface area contributed by atoms with Crippen molar-refractivity contribution >= 4 is 23.6 Å². The Bertz CT molecular complexity index is 324. The monoisotopic (exact) mass is 321 g/mol. The van der Waals surface area contributed by atoms with Crippen LogP contribution in [0.1, 0.15) is 6.92 Å². The summed E-state index contributed by atoms with van der Waals surface area (Å²) in [4.78, 5) is 44.3. The largest absolute Gasteiger partial charge is 0.592 e. The fraction of sp³-hybridized carbons (Fsp3) is 0.375. The van der Waals surface area contributed by atoms with Crippen LogP contribution in [-0.2, 0) is 51.9 Å². The van der Waals surface area contributed by atoms with Gasteiger partial charge >= 0.3 is 0 Å². The molecule has 2 fully saturated rings. The van der Waals surface area contributed by atoms with Gasteiger partial charge in [-0.15, -0.1) is 0 Å².